The van der Waals surface area contributed by atoms with Crippen molar-refractivity contribution < 1.29 is 33.8 Å². The van der Waals surface area contributed by atoms with Gasteiger partial charge in [0.2, 0.25) is 11.8 Å². The fourth-order valence-electron chi connectivity index (χ4n) is 4.88. The van der Waals surface area contributed by atoms with Crippen LogP contribution in [0.15, 0.2) is 12.7 Å². The second-order valence-corrected chi connectivity index (χ2v) is 11.4. The van der Waals surface area contributed by atoms with Gasteiger partial charge in [0.05, 0.1) is 12.6 Å². The molecule has 4 N–H and O–H groups in total. The number of hydrogen-bond acceptors (Lipinski definition) is 7. The van der Waals surface area contributed by atoms with E-state index in [1.807, 2.05) is 6.92 Å². The van der Waals surface area contributed by atoms with Gasteiger partial charge in [-0.05, 0) is 46.0 Å². The van der Waals surface area contributed by atoms with E-state index in [9.17, 15) is 24.3 Å². The van der Waals surface area contributed by atoms with Crippen LogP contribution in [0.2, 0.25) is 0 Å². The van der Waals surface area contributed by atoms with Crippen molar-refractivity contribution in [3.8, 4) is 0 Å². The highest BCUT2D eigenvalue weighted by atomic mass is 16.6. The van der Waals surface area contributed by atoms with Crippen LogP contribution < -0.4 is 16.0 Å². The summed E-state index contributed by atoms with van der Waals surface area (Å²) in [5.41, 5.74) is -0.747. The zero-order valence-corrected chi connectivity index (χ0v) is 24.0. The molecule has 2 saturated heterocycles. The minimum atomic E-state index is -1.43. The zero-order chi connectivity index (χ0) is 29.0. The minimum absolute atomic E-state index is 0.0372. The number of aliphatic hydroxyl groups is 1. The lowest BCUT2D eigenvalue weighted by Gasteiger charge is -2.31. The molecule has 5 atom stereocenters. The Hall–Kier alpha value is -2.66. The molecule has 0 bridgehead atoms. The van der Waals surface area contributed by atoms with Crippen LogP contribution in [-0.4, -0.2) is 90.0 Å². The van der Waals surface area contributed by atoms with Crippen LogP contribution in [0, 0.1) is 5.92 Å². The molecule has 0 aromatic rings. The fourth-order valence-corrected chi connectivity index (χ4v) is 4.88. The number of hydrogen-bond donors (Lipinski definition) is 4. The monoisotopic (exact) mass is 552 g/mol. The van der Waals surface area contributed by atoms with Crippen LogP contribution in [0.5, 0.6) is 0 Å². The Bertz CT molecular complexity index is 844. The maximum atomic E-state index is 13.7. The molecular formula is C28H48N4O7. The van der Waals surface area contributed by atoms with Gasteiger partial charge in [0.1, 0.15) is 17.7 Å². The maximum Gasteiger partial charge on any atom is 0.408 e. The predicted molar refractivity (Wildman–Crippen MR) is 147 cm³/mol. The first-order chi connectivity index (χ1) is 18.5. The van der Waals surface area contributed by atoms with Gasteiger partial charge >= 0.3 is 6.09 Å². The number of alkyl carbamates (subject to hydrolysis) is 1. The van der Waals surface area contributed by atoms with Crippen LogP contribution in [0.1, 0.15) is 79.1 Å². The highest BCUT2D eigenvalue weighted by Gasteiger charge is 2.43. The lowest BCUT2D eigenvalue weighted by molar-refractivity contribution is -0.142. The fraction of sp³-hybridized carbons (Fsp3) is 0.786. The summed E-state index contributed by atoms with van der Waals surface area (Å²) < 4.78 is 11.1. The van der Waals surface area contributed by atoms with Gasteiger partial charge in [0.25, 0.3) is 5.91 Å². The molecule has 0 spiro atoms. The summed E-state index contributed by atoms with van der Waals surface area (Å²) in [6.07, 6.45) is 5.21. The number of fused-ring (bicyclic) bond motifs is 1. The predicted octanol–water partition coefficient (Wildman–Crippen LogP) is 2.03. The highest BCUT2D eigenvalue weighted by molar-refractivity contribution is 5.92. The van der Waals surface area contributed by atoms with E-state index < -0.39 is 53.6 Å². The summed E-state index contributed by atoms with van der Waals surface area (Å²) in [7, 11) is 0. The van der Waals surface area contributed by atoms with Gasteiger partial charge in [0, 0.05) is 19.7 Å². The van der Waals surface area contributed by atoms with Crippen molar-refractivity contribution in [1.82, 2.24) is 20.9 Å². The molecule has 11 heteroatoms. The molecule has 2 fully saturated rings. The molecule has 11 nitrogen and oxygen atoms in total. The third-order valence-electron chi connectivity index (χ3n) is 7.03. The Kier molecular flexibility index (Phi) is 13.2. The van der Waals surface area contributed by atoms with Gasteiger partial charge in [-0.3, -0.25) is 14.4 Å². The molecule has 0 aromatic heterocycles. The Morgan fingerprint density at radius 3 is 2.59 bits per heavy atom. The number of ether oxygens (including phenoxy) is 2. The lowest BCUT2D eigenvalue weighted by atomic mass is 9.99. The molecule has 0 aliphatic carbocycles. The summed E-state index contributed by atoms with van der Waals surface area (Å²) in [6, 6.07) is -2.62. The van der Waals surface area contributed by atoms with E-state index in [0.717, 1.165) is 38.5 Å². The van der Waals surface area contributed by atoms with E-state index in [0.29, 0.717) is 26.0 Å². The van der Waals surface area contributed by atoms with E-state index in [2.05, 4.69) is 22.5 Å². The number of aliphatic hydroxyl groups excluding tert-OH is 1. The second-order valence-electron chi connectivity index (χ2n) is 11.4. The van der Waals surface area contributed by atoms with Crippen molar-refractivity contribution in [3.05, 3.63) is 12.7 Å². The zero-order valence-electron chi connectivity index (χ0n) is 24.0. The first kappa shape index (κ1) is 32.6. The minimum Gasteiger partial charge on any atom is -0.444 e. The number of amides is 4. The summed E-state index contributed by atoms with van der Waals surface area (Å²) in [6.45, 7) is 11.7. The molecule has 2 heterocycles. The quantitative estimate of drug-likeness (QED) is 0.369. The first-order valence-electron chi connectivity index (χ1n) is 14.2. The summed E-state index contributed by atoms with van der Waals surface area (Å²) in [5, 5.41) is 18.9. The molecule has 2 rings (SSSR count). The van der Waals surface area contributed by atoms with Crippen LogP contribution >= 0.6 is 0 Å². The standard InChI is InChI=1S/C28H48N4O7/c1-6-14-29-25(35)23(33)20-13-11-9-8-10-12-15-38-18-21(31-27(37)39-28(3,4)5)26(36)32-17-19(7-2)16-22(32)24(34)30-20/h6,19-23,33H,1,7-18H2,2-5H3,(H,29,35)(H,30,34)(H,31,37)/t19-,20+,21+,22+,23?/m1/s1. The normalized spacial score (nSPS) is 26.6. The molecule has 0 saturated carbocycles. The van der Waals surface area contributed by atoms with Gasteiger partial charge in [-0.25, -0.2) is 4.79 Å². The third-order valence-corrected chi connectivity index (χ3v) is 7.03. The Balaban J connectivity index is 2.29. The molecule has 0 radical (unpaired) electrons. The Morgan fingerprint density at radius 2 is 1.92 bits per heavy atom. The van der Waals surface area contributed by atoms with Crippen LogP contribution in [0.4, 0.5) is 4.79 Å². The number of rotatable bonds is 6. The molecule has 39 heavy (non-hydrogen) atoms. The van der Waals surface area contributed by atoms with Gasteiger partial charge in [-0.2, -0.15) is 0 Å². The molecule has 0 aromatic carbocycles. The van der Waals surface area contributed by atoms with Gasteiger partial charge in [0.15, 0.2) is 6.10 Å². The van der Waals surface area contributed by atoms with E-state index in [-0.39, 0.29) is 19.1 Å². The summed E-state index contributed by atoms with van der Waals surface area (Å²) in [4.78, 5) is 53.8. The van der Waals surface area contributed by atoms with Crippen molar-refractivity contribution >= 4 is 23.8 Å². The third kappa shape index (κ3) is 10.8. The summed E-state index contributed by atoms with van der Waals surface area (Å²) >= 11 is 0. The van der Waals surface area contributed by atoms with E-state index in [4.69, 9.17) is 9.47 Å². The average molecular weight is 553 g/mol. The number of nitrogens with one attached hydrogen (secondary N) is 3. The largest absolute Gasteiger partial charge is 0.444 e. The molecule has 2 aliphatic heterocycles. The second kappa shape index (κ2) is 15.8. The summed E-state index contributed by atoms with van der Waals surface area (Å²) in [5.74, 6) is -1.35. The first-order valence-corrected chi connectivity index (χ1v) is 14.2. The molecular weight excluding hydrogens is 504 g/mol. The number of nitrogens with zero attached hydrogens (tertiary/aromatic N) is 1. The molecule has 2 aliphatic rings. The van der Waals surface area contributed by atoms with Crippen molar-refractivity contribution in [1.29, 1.82) is 0 Å². The topological polar surface area (TPSA) is 146 Å². The SMILES string of the molecule is C=CCNC(=O)C(O)[C@@H]1CCCCCCCOC[C@H](NC(=O)OC(C)(C)C)C(=O)N2C[C@H](CC)C[C@H]2C(=O)N1. The Labute approximate surface area is 232 Å². The molecule has 222 valence electrons. The van der Waals surface area contributed by atoms with Crippen molar-refractivity contribution in [2.75, 3.05) is 26.3 Å². The van der Waals surface area contributed by atoms with Crippen molar-refractivity contribution in [2.24, 2.45) is 5.92 Å². The van der Waals surface area contributed by atoms with Gasteiger partial charge in [-0.1, -0.05) is 45.1 Å². The van der Waals surface area contributed by atoms with E-state index >= 15 is 0 Å². The van der Waals surface area contributed by atoms with E-state index in [1.54, 1.807) is 20.8 Å². The van der Waals surface area contributed by atoms with Crippen LogP contribution in [0.25, 0.3) is 0 Å². The highest BCUT2D eigenvalue weighted by Crippen LogP contribution is 2.27. The molecule has 1 unspecified atom stereocenters. The smallest absolute Gasteiger partial charge is 0.408 e. The van der Waals surface area contributed by atoms with E-state index in [1.165, 1.54) is 11.0 Å². The maximum absolute atomic E-state index is 13.7. The number of carbonyl (C=O) groups excluding carboxylic acids is 4. The van der Waals surface area contributed by atoms with Gasteiger partial charge in [-0.15, -0.1) is 6.58 Å². The Morgan fingerprint density at radius 1 is 1.23 bits per heavy atom. The average Bonchev–Trinajstić information content (AvgIpc) is 3.31. The van der Waals surface area contributed by atoms with Crippen molar-refractivity contribution in [2.45, 2.75) is 109 Å². The lowest BCUT2D eigenvalue weighted by Crippen LogP contribution is -2.58. The van der Waals surface area contributed by atoms with Crippen LogP contribution in [-0.2, 0) is 23.9 Å². The molecule has 4 amide bonds. The van der Waals surface area contributed by atoms with Crippen LogP contribution in [0.3, 0.4) is 0 Å². The van der Waals surface area contributed by atoms with Gasteiger partial charge < -0.3 is 35.4 Å². The van der Waals surface area contributed by atoms with Crippen molar-refractivity contribution in [3.63, 3.8) is 0 Å². The number of carbonyl (C=O) groups is 4.